The molecule has 0 unspecified atom stereocenters. The van der Waals surface area contributed by atoms with Crippen molar-refractivity contribution >= 4 is 52.7 Å². The Morgan fingerprint density at radius 1 is 1.00 bits per heavy atom. The third kappa shape index (κ3) is 2.88. The van der Waals surface area contributed by atoms with Crippen molar-refractivity contribution in [1.29, 1.82) is 0 Å². The zero-order valence-electron chi connectivity index (χ0n) is 11.7. The van der Waals surface area contributed by atoms with Gasteiger partial charge in [0.25, 0.3) is 15.6 Å². The SMILES string of the molecule is O=c1c2ccc(Br)cc2c(CBr)cn1S(=O)(=O)c1ccccc1. The number of hydrogen-bond donors (Lipinski definition) is 0. The first kappa shape index (κ1) is 16.4. The molecule has 3 aromatic rings. The van der Waals surface area contributed by atoms with Gasteiger partial charge in [-0.2, -0.15) is 0 Å². The summed E-state index contributed by atoms with van der Waals surface area (Å²) < 4.78 is 27.2. The molecule has 118 valence electrons. The smallest absolute Gasteiger partial charge is 0.268 e. The van der Waals surface area contributed by atoms with Gasteiger partial charge in [-0.25, -0.2) is 12.4 Å². The number of hydrogen-bond acceptors (Lipinski definition) is 3. The van der Waals surface area contributed by atoms with Crippen molar-refractivity contribution in [1.82, 2.24) is 3.97 Å². The molecule has 0 spiro atoms. The number of aromatic nitrogens is 1. The number of nitrogens with zero attached hydrogens (tertiary/aromatic N) is 1. The normalized spacial score (nSPS) is 11.7. The molecular weight excluding hydrogens is 446 g/mol. The van der Waals surface area contributed by atoms with E-state index in [2.05, 4.69) is 31.9 Å². The molecule has 0 atom stereocenters. The lowest BCUT2D eigenvalue weighted by atomic mass is 10.1. The molecule has 0 aliphatic carbocycles. The molecule has 0 radical (unpaired) electrons. The number of fused-ring (bicyclic) bond motifs is 1. The van der Waals surface area contributed by atoms with Crippen molar-refractivity contribution < 1.29 is 8.42 Å². The van der Waals surface area contributed by atoms with Gasteiger partial charge in [0.1, 0.15) is 0 Å². The fourth-order valence-electron chi connectivity index (χ4n) is 2.35. The monoisotopic (exact) mass is 455 g/mol. The second-order valence-corrected chi connectivity index (χ2v) is 8.19. The summed E-state index contributed by atoms with van der Waals surface area (Å²) in [4.78, 5) is 12.8. The van der Waals surface area contributed by atoms with E-state index in [4.69, 9.17) is 0 Å². The van der Waals surface area contributed by atoms with Crippen LogP contribution in [-0.4, -0.2) is 12.4 Å². The van der Waals surface area contributed by atoms with E-state index in [1.165, 1.54) is 18.3 Å². The van der Waals surface area contributed by atoms with Crippen molar-refractivity contribution in [3.8, 4) is 0 Å². The van der Waals surface area contributed by atoms with Crippen molar-refractivity contribution in [2.75, 3.05) is 0 Å². The van der Waals surface area contributed by atoms with E-state index < -0.39 is 15.6 Å². The maximum atomic E-state index is 12.8. The third-order valence-corrected chi connectivity index (χ3v) is 6.23. The van der Waals surface area contributed by atoms with Gasteiger partial charge in [0.15, 0.2) is 0 Å². The number of halogens is 2. The molecule has 3 rings (SSSR count). The topological polar surface area (TPSA) is 56.1 Å². The van der Waals surface area contributed by atoms with Gasteiger partial charge in [-0.05, 0) is 41.3 Å². The van der Waals surface area contributed by atoms with E-state index in [0.717, 1.165) is 19.4 Å². The lowest BCUT2D eigenvalue weighted by Crippen LogP contribution is -2.27. The van der Waals surface area contributed by atoms with E-state index in [1.54, 1.807) is 30.3 Å². The van der Waals surface area contributed by atoms with Crippen LogP contribution in [0.5, 0.6) is 0 Å². The molecule has 0 N–H and O–H groups in total. The predicted octanol–water partition coefficient (Wildman–Crippen LogP) is 3.90. The van der Waals surface area contributed by atoms with Crippen LogP contribution in [0.1, 0.15) is 5.56 Å². The average Bonchev–Trinajstić information content (AvgIpc) is 2.55. The van der Waals surface area contributed by atoms with Gasteiger partial charge >= 0.3 is 0 Å². The van der Waals surface area contributed by atoms with Gasteiger partial charge < -0.3 is 0 Å². The van der Waals surface area contributed by atoms with Crippen LogP contribution >= 0.6 is 31.9 Å². The Hall–Kier alpha value is -1.44. The molecule has 0 saturated heterocycles. The van der Waals surface area contributed by atoms with Crippen LogP contribution in [0.2, 0.25) is 0 Å². The third-order valence-electron chi connectivity index (χ3n) is 3.48. The second-order valence-electron chi connectivity index (χ2n) is 4.90. The molecule has 0 amide bonds. The predicted molar refractivity (Wildman–Crippen MR) is 97.6 cm³/mol. The summed E-state index contributed by atoms with van der Waals surface area (Å²) in [5.74, 6) is 0. The number of alkyl halides is 1. The van der Waals surface area contributed by atoms with Crippen LogP contribution in [0, 0.1) is 0 Å². The summed E-state index contributed by atoms with van der Waals surface area (Å²) in [7, 11) is -3.93. The Labute approximate surface area is 150 Å². The van der Waals surface area contributed by atoms with Crippen molar-refractivity contribution in [2.45, 2.75) is 10.2 Å². The number of rotatable bonds is 3. The fraction of sp³-hybridized carbons (Fsp3) is 0.0625. The minimum atomic E-state index is -3.93. The summed E-state index contributed by atoms with van der Waals surface area (Å²) in [5.41, 5.74) is 0.168. The minimum Gasteiger partial charge on any atom is -0.268 e. The van der Waals surface area contributed by atoms with Crippen LogP contribution in [-0.2, 0) is 15.4 Å². The number of benzene rings is 2. The van der Waals surface area contributed by atoms with Crippen LogP contribution < -0.4 is 5.56 Å². The van der Waals surface area contributed by atoms with Crippen LogP contribution in [0.25, 0.3) is 10.8 Å². The molecule has 4 nitrogen and oxygen atoms in total. The Balaban J connectivity index is 2.38. The standard InChI is InChI=1S/C16H11Br2NO3S/c17-9-11-10-19(23(21,22)13-4-2-1-3-5-13)16(20)14-7-6-12(18)8-15(11)14/h1-8,10H,9H2. The molecule has 23 heavy (non-hydrogen) atoms. The van der Waals surface area contributed by atoms with Gasteiger partial charge in [-0.15, -0.1) is 0 Å². The summed E-state index contributed by atoms with van der Waals surface area (Å²) in [6.45, 7) is 0. The van der Waals surface area contributed by atoms with E-state index in [9.17, 15) is 13.2 Å². The molecule has 7 heteroatoms. The largest absolute Gasteiger partial charge is 0.272 e. The zero-order chi connectivity index (χ0) is 16.6. The minimum absolute atomic E-state index is 0.0825. The first-order chi connectivity index (χ1) is 10.9. The van der Waals surface area contributed by atoms with Crippen LogP contribution in [0.4, 0.5) is 0 Å². The van der Waals surface area contributed by atoms with E-state index in [-0.39, 0.29) is 4.90 Å². The van der Waals surface area contributed by atoms with Gasteiger partial charge in [0.05, 0.1) is 4.90 Å². The molecule has 1 heterocycles. The maximum Gasteiger partial charge on any atom is 0.272 e. The van der Waals surface area contributed by atoms with Crippen molar-refractivity contribution in [2.24, 2.45) is 0 Å². The number of pyridine rings is 1. The fourth-order valence-corrected chi connectivity index (χ4v) is 4.47. The highest BCUT2D eigenvalue weighted by molar-refractivity contribution is 9.10. The molecule has 0 bridgehead atoms. The lowest BCUT2D eigenvalue weighted by molar-refractivity contribution is 0.585. The molecular formula is C16H11Br2NO3S. The zero-order valence-corrected chi connectivity index (χ0v) is 15.7. The van der Waals surface area contributed by atoms with Gasteiger partial charge in [-0.3, -0.25) is 4.79 Å². The van der Waals surface area contributed by atoms with E-state index >= 15 is 0 Å². The highest BCUT2D eigenvalue weighted by Gasteiger charge is 2.20. The maximum absolute atomic E-state index is 12.8. The summed E-state index contributed by atoms with van der Waals surface area (Å²) >= 11 is 6.73. The molecule has 1 aromatic heterocycles. The molecule has 0 fully saturated rings. The molecule has 0 aliphatic rings. The van der Waals surface area contributed by atoms with E-state index in [0.29, 0.717) is 10.7 Å². The van der Waals surface area contributed by atoms with Crippen molar-refractivity contribution in [3.05, 3.63) is 75.1 Å². The first-order valence-corrected chi connectivity index (χ1v) is 10.0. The molecule has 0 aliphatic heterocycles. The highest BCUT2D eigenvalue weighted by atomic mass is 79.9. The van der Waals surface area contributed by atoms with Crippen LogP contribution in [0.15, 0.2) is 68.9 Å². The van der Waals surface area contributed by atoms with Gasteiger partial charge in [0, 0.05) is 21.4 Å². The lowest BCUT2D eigenvalue weighted by Gasteiger charge is -2.12. The second kappa shape index (κ2) is 6.22. The summed E-state index contributed by atoms with van der Waals surface area (Å²) in [6.07, 6.45) is 1.38. The summed E-state index contributed by atoms with van der Waals surface area (Å²) in [5, 5.41) is 1.52. The quantitative estimate of drug-likeness (QED) is 0.561. The Morgan fingerprint density at radius 2 is 1.70 bits per heavy atom. The Kier molecular flexibility index (Phi) is 4.44. The highest BCUT2D eigenvalue weighted by Crippen LogP contribution is 2.24. The van der Waals surface area contributed by atoms with Gasteiger partial charge in [0.2, 0.25) is 0 Å². The Morgan fingerprint density at radius 3 is 2.35 bits per heavy atom. The summed E-state index contributed by atoms with van der Waals surface area (Å²) in [6, 6.07) is 13.1. The molecule has 0 saturated carbocycles. The van der Waals surface area contributed by atoms with Gasteiger partial charge in [-0.1, -0.05) is 50.1 Å². The van der Waals surface area contributed by atoms with Crippen LogP contribution in [0.3, 0.4) is 0 Å². The Bertz CT molecular complexity index is 1040. The van der Waals surface area contributed by atoms with E-state index in [1.807, 2.05) is 6.07 Å². The molecule has 2 aromatic carbocycles. The average molecular weight is 457 g/mol. The van der Waals surface area contributed by atoms with Crippen molar-refractivity contribution in [3.63, 3.8) is 0 Å². The first-order valence-electron chi connectivity index (χ1n) is 6.65.